The quantitative estimate of drug-likeness (QED) is 0.233. The summed E-state index contributed by atoms with van der Waals surface area (Å²) in [7, 11) is 1.70. The van der Waals surface area contributed by atoms with Crippen molar-refractivity contribution in [1.82, 2.24) is 10.2 Å². The van der Waals surface area contributed by atoms with Crippen LogP contribution in [-0.2, 0) is 31.0 Å². The van der Waals surface area contributed by atoms with Gasteiger partial charge in [-0.1, -0.05) is 40.2 Å². The number of carbonyl (C=O) groups excluding carboxylic acids is 1. The molecule has 2 fully saturated rings. The van der Waals surface area contributed by atoms with Gasteiger partial charge in [-0.05, 0) is 37.4 Å². The Morgan fingerprint density at radius 3 is 2.65 bits per heavy atom. The van der Waals surface area contributed by atoms with E-state index in [2.05, 4.69) is 50.9 Å². The maximum atomic E-state index is 12.5. The number of phenols is 1. The van der Waals surface area contributed by atoms with Crippen LogP contribution < -0.4 is 10.1 Å². The number of methoxy groups -OCH3 is 1. The Morgan fingerprint density at radius 1 is 1.30 bits per heavy atom. The summed E-state index contributed by atoms with van der Waals surface area (Å²) in [5, 5.41) is 29.0. The Bertz CT molecular complexity index is 1210. The second kappa shape index (κ2) is 8.85. The maximum absolute atomic E-state index is 12.5. The van der Waals surface area contributed by atoms with Gasteiger partial charge in [-0.25, -0.2) is 9.59 Å². The fraction of sp³-hybridized carbons (Fsp3) is 0.500. The summed E-state index contributed by atoms with van der Waals surface area (Å²) in [4.78, 5) is 33.2. The fourth-order valence-electron chi connectivity index (χ4n) is 7.71. The number of piperidine rings is 1. The highest BCUT2D eigenvalue weighted by atomic mass is 79.9. The molecule has 0 radical (unpaired) electrons. The third-order valence-electron chi connectivity index (χ3n) is 8.92. The van der Waals surface area contributed by atoms with Crippen molar-refractivity contribution in [2.24, 2.45) is 5.41 Å². The minimum atomic E-state index is -1.82. The van der Waals surface area contributed by atoms with Gasteiger partial charge in [0.15, 0.2) is 11.5 Å². The van der Waals surface area contributed by atoms with E-state index in [1.54, 1.807) is 13.2 Å². The van der Waals surface area contributed by atoms with Crippen molar-refractivity contribution in [2.75, 3.05) is 25.5 Å². The number of halogens is 1. The van der Waals surface area contributed by atoms with Gasteiger partial charge in [0.2, 0.25) is 5.91 Å². The molecular weight excluding hydrogens is 548 g/mol. The molecule has 1 saturated heterocycles. The molecule has 1 saturated carbocycles. The molecule has 4 bridgehead atoms. The zero-order valence-electron chi connectivity index (χ0n) is 20.3. The van der Waals surface area contributed by atoms with E-state index in [1.165, 1.54) is 11.1 Å². The average molecular weight is 577 g/mol. The smallest absolute Gasteiger partial charge is 0.414 e. The van der Waals surface area contributed by atoms with E-state index in [1.807, 2.05) is 6.08 Å². The molecule has 11 heteroatoms. The first-order valence-electron chi connectivity index (χ1n) is 12.1. The zero-order chi connectivity index (χ0) is 26.8. The topological polar surface area (TPSA) is 146 Å². The van der Waals surface area contributed by atoms with E-state index >= 15 is 0 Å². The molecule has 4 aliphatic carbocycles. The van der Waals surface area contributed by atoms with Crippen molar-refractivity contribution in [1.29, 1.82) is 0 Å². The van der Waals surface area contributed by atoms with E-state index in [0.29, 0.717) is 5.75 Å². The number of phenolic OH excluding ortho intramolecular Hbond substituents is 1. The maximum Gasteiger partial charge on any atom is 0.414 e. The van der Waals surface area contributed by atoms with Crippen LogP contribution in [0.15, 0.2) is 36.9 Å². The Balaban J connectivity index is 0.000000421. The Hall–Kier alpha value is -2.89. The first kappa shape index (κ1) is 25.7. The second-order valence-corrected chi connectivity index (χ2v) is 10.7. The van der Waals surface area contributed by atoms with Gasteiger partial charge in [0.25, 0.3) is 0 Å². The molecule has 1 aromatic rings. The van der Waals surface area contributed by atoms with Crippen LogP contribution in [0.3, 0.4) is 0 Å². The number of alkyl halides is 1. The van der Waals surface area contributed by atoms with Gasteiger partial charge in [-0.15, -0.1) is 6.58 Å². The molecule has 2 aliphatic heterocycles. The number of hydrogen-bond acceptors (Lipinski definition) is 7. The van der Waals surface area contributed by atoms with E-state index in [4.69, 9.17) is 29.3 Å². The summed E-state index contributed by atoms with van der Waals surface area (Å²) < 4.78 is 12.9. The summed E-state index contributed by atoms with van der Waals surface area (Å²) in [6.45, 7) is 5.77. The van der Waals surface area contributed by atoms with Crippen LogP contribution in [0, 0.1) is 5.41 Å². The van der Waals surface area contributed by atoms with Gasteiger partial charge >= 0.3 is 11.9 Å². The van der Waals surface area contributed by atoms with Crippen LogP contribution in [-0.4, -0.2) is 87.4 Å². The summed E-state index contributed by atoms with van der Waals surface area (Å²) >= 11 is 3.29. The molecule has 6 atom stereocenters. The van der Waals surface area contributed by atoms with Gasteiger partial charge in [0.1, 0.15) is 11.7 Å². The molecule has 4 N–H and O–H groups in total. The Kier molecular flexibility index (Phi) is 6.16. The first-order chi connectivity index (χ1) is 17.6. The van der Waals surface area contributed by atoms with Crippen molar-refractivity contribution in [3.8, 4) is 11.5 Å². The molecule has 2 heterocycles. The SMILES string of the molecule is C=CCN1CC[C@]23c4c5ccc(O)c4O[C@H]2C2(OC)C=C[C@@]3(C[C@@H]2NC(=O)CBr)[C@H]1C5.O=C(O)C(=O)O. The predicted octanol–water partition coefficient (Wildman–Crippen LogP) is 1.59. The summed E-state index contributed by atoms with van der Waals surface area (Å²) in [5.74, 6) is -2.91. The molecular formula is C26H29BrN2O8. The third-order valence-corrected chi connectivity index (χ3v) is 9.43. The molecule has 2 spiro atoms. The number of carboxylic acids is 2. The standard InChI is InChI=1S/C24H27BrN2O4.C2H2O4/c1-3-9-27-10-8-23-19-14-4-5-15(28)20(19)31-21(23)24(30-2)7-6-22(23,17(27)11-14)12-16(24)26-18(29)13-25;3-1(4)2(5)6/h3-7,16-17,21,28H,1,8-13H2,2H3,(H,26,29);(H,3,4)(H,5,6)/t16-,17+,21+,22+,23-,24?;/m0./s1. The molecule has 6 aliphatic rings. The number of carboxylic acid groups (broad SMARTS) is 2. The molecule has 10 nitrogen and oxygen atoms in total. The number of nitrogens with zero attached hydrogens (tertiary/aromatic N) is 1. The van der Waals surface area contributed by atoms with E-state index in [-0.39, 0.29) is 46.0 Å². The lowest BCUT2D eigenvalue weighted by atomic mass is 9.38. The van der Waals surface area contributed by atoms with Crippen molar-refractivity contribution in [2.45, 2.75) is 48.5 Å². The van der Waals surface area contributed by atoms with Gasteiger partial charge in [0, 0.05) is 30.7 Å². The first-order valence-corrected chi connectivity index (χ1v) is 13.2. The number of aliphatic carboxylic acids is 2. The lowest BCUT2D eigenvalue weighted by Crippen LogP contribution is -2.82. The highest BCUT2D eigenvalue weighted by Crippen LogP contribution is 2.73. The van der Waals surface area contributed by atoms with Crippen molar-refractivity contribution in [3.05, 3.63) is 48.1 Å². The summed E-state index contributed by atoms with van der Waals surface area (Å²) in [6, 6.07) is 3.87. The second-order valence-electron chi connectivity index (χ2n) is 10.2. The van der Waals surface area contributed by atoms with Gasteiger partial charge in [-0.2, -0.15) is 0 Å². The van der Waals surface area contributed by atoms with Crippen LogP contribution in [0.2, 0.25) is 0 Å². The lowest BCUT2D eigenvalue weighted by Gasteiger charge is -2.71. The van der Waals surface area contributed by atoms with Gasteiger partial charge in [0.05, 0.1) is 16.8 Å². The highest BCUT2D eigenvalue weighted by molar-refractivity contribution is 9.09. The summed E-state index contributed by atoms with van der Waals surface area (Å²) in [6.07, 6.45) is 8.75. The monoisotopic (exact) mass is 576 g/mol. The van der Waals surface area contributed by atoms with Crippen molar-refractivity contribution in [3.63, 3.8) is 0 Å². The number of hydrogen-bond donors (Lipinski definition) is 4. The Labute approximate surface area is 222 Å². The molecule has 1 amide bonds. The minimum absolute atomic E-state index is 0.0595. The Morgan fingerprint density at radius 2 is 2.03 bits per heavy atom. The molecule has 1 unspecified atom stereocenters. The third kappa shape index (κ3) is 3.26. The van der Waals surface area contributed by atoms with Crippen LogP contribution in [0.5, 0.6) is 11.5 Å². The lowest BCUT2D eigenvalue weighted by molar-refractivity contribution is -0.202. The van der Waals surface area contributed by atoms with Crippen molar-refractivity contribution < 1.29 is 39.2 Å². The van der Waals surface area contributed by atoms with Crippen LogP contribution in [0.4, 0.5) is 0 Å². The predicted molar refractivity (Wildman–Crippen MR) is 135 cm³/mol. The number of carbonyl (C=O) groups is 3. The fourth-order valence-corrected chi connectivity index (χ4v) is 7.87. The number of ether oxygens (including phenoxy) is 2. The van der Waals surface area contributed by atoms with Gasteiger partial charge in [-0.3, -0.25) is 9.69 Å². The summed E-state index contributed by atoms with van der Waals surface area (Å²) in [5.41, 5.74) is 1.15. The number of likely N-dealkylation sites (tertiary alicyclic amines) is 1. The highest BCUT2D eigenvalue weighted by Gasteiger charge is 2.79. The largest absolute Gasteiger partial charge is 0.504 e. The van der Waals surface area contributed by atoms with E-state index in [9.17, 15) is 9.90 Å². The number of amides is 1. The molecule has 198 valence electrons. The van der Waals surface area contributed by atoms with E-state index < -0.39 is 17.5 Å². The molecule has 7 rings (SSSR count). The number of aromatic hydroxyl groups is 1. The number of nitrogens with one attached hydrogen (secondary N) is 1. The van der Waals surface area contributed by atoms with Crippen LogP contribution >= 0.6 is 15.9 Å². The molecule has 1 aromatic carbocycles. The van der Waals surface area contributed by atoms with Crippen molar-refractivity contribution >= 4 is 33.8 Å². The number of benzene rings is 1. The molecule has 37 heavy (non-hydrogen) atoms. The average Bonchev–Trinajstić information content (AvgIpc) is 3.24. The minimum Gasteiger partial charge on any atom is -0.504 e. The number of rotatable bonds is 5. The normalized spacial score (nSPS) is 35.5. The molecule has 0 aromatic heterocycles. The number of fused-ring (bicyclic) bond motifs is 1. The van der Waals surface area contributed by atoms with Gasteiger partial charge < -0.3 is 30.1 Å². The van der Waals surface area contributed by atoms with E-state index in [0.717, 1.165) is 32.4 Å². The van der Waals surface area contributed by atoms with Crippen LogP contribution in [0.1, 0.15) is 24.0 Å². The zero-order valence-corrected chi connectivity index (χ0v) is 21.9. The van der Waals surface area contributed by atoms with Crippen LogP contribution in [0.25, 0.3) is 0 Å².